The lowest BCUT2D eigenvalue weighted by atomic mass is 9.73. The van der Waals surface area contributed by atoms with E-state index >= 15 is 0 Å². The third kappa shape index (κ3) is 9.58. The summed E-state index contributed by atoms with van der Waals surface area (Å²) in [5, 5.41) is 6.92. The first-order valence-corrected chi connectivity index (χ1v) is 18.4. The Morgan fingerprint density at radius 3 is 2.22 bits per heavy atom. The standard InChI is InChI=1S/C36H49N5O4.2C2H6/c1-24(2)41(22-19-37-34(44)45-35(4,5)6)33(43)39-31(25(3)28-23-38-30-14-10-8-12-27(28)30)32(42)40-20-17-36(18-21-40)16-15-26-11-7-9-13-29(26)36;2*1-2/h7-14,23-25,31,38H,15-22H2,1-6H3,(H,37,44)(H,39,43);2*1-2H3/t25-,31?;;/m1../s1. The molecule has 1 fully saturated rings. The molecule has 5 rings (SSSR count). The SMILES string of the molecule is CC.CC.CC(C)N(CCNC(=O)OC(C)(C)C)C(=O)NC(C(=O)N1CCC2(CCc3ccccc32)CC1)[C@H](C)c1c[nH]c2ccccc12. The van der Waals surface area contributed by atoms with Crippen LogP contribution in [0.3, 0.4) is 0 Å². The third-order valence-corrected chi connectivity index (χ3v) is 9.56. The molecular formula is C40H61N5O4. The van der Waals surface area contributed by atoms with E-state index in [1.54, 1.807) is 25.7 Å². The van der Waals surface area contributed by atoms with Gasteiger partial charge in [0.15, 0.2) is 0 Å². The number of aromatic nitrogens is 1. The van der Waals surface area contributed by atoms with E-state index in [0.29, 0.717) is 13.1 Å². The summed E-state index contributed by atoms with van der Waals surface area (Å²) >= 11 is 0. The summed E-state index contributed by atoms with van der Waals surface area (Å²) in [6.07, 6.45) is 5.49. The zero-order valence-electron chi connectivity index (χ0n) is 31.6. The number of H-pyrrole nitrogens is 1. The van der Waals surface area contributed by atoms with Crippen LogP contribution in [0.15, 0.2) is 54.7 Å². The molecule has 0 saturated carbocycles. The lowest BCUT2D eigenvalue weighted by Gasteiger charge is -2.42. The van der Waals surface area contributed by atoms with Gasteiger partial charge in [0.2, 0.25) is 5.91 Å². The van der Waals surface area contributed by atoms with Crippen LogP contribution in [0, 0.1) is 0 Å². The van der Waals surface area contributed by atoms with Crippen molar-refractivity contribution in [1.82, 2.24) is 25.4 Å². The number of carbonyl (C=O) groups excluding carboxylic acids is 3. The van der Waals surface area contributed by atoms with E-state index in [1.165, 1.54) is 11.1 Å². The quantitative estimate of drug-likeness (QED) is 0.224. The molecule has 9 nitrogen and oxygen atoms in total. The second kappa shape index (κ2) is 17.6. The number of rotatable bonds is 8. The number of nitrogens with one attached hydrogen (secondary N) is 3. The van der Waals surface area contributed by atoms with E-state index in [1.807, 2.05) is 83.8 Å². The number of urea groups is 1. The molecular weight excluding hydrogens is 614 g/mol. The van der Waals surface area contributed by atoms with Gasteiger partial charge in [-0.3, -0.25) is 4.79 Å². The average molecular weight is 676 g/mol. The number of carbonyl (C=O) groups is 3. The average Bonchev–Trinajstić information content (AvgIpc) is 3.68. The Balaban J connectivity index is 0.00000157. The zero-order valence-corrected chi connectivity index (χ0v) is 31.6. The van der Waals surface area contributed by atoms with Gasteiger partial charge in [-0.1, -0.05) is 77.1 Å². The fourth-order valence-corrected chi connectivity index (χ4v) is 7.09. The molecule has 1 aliphatic heterocycles. The number of amides is 4. The number of piperidine rings is 1. The molecule has 1 aliphatic carbocycles. The van der Waals surface area contributed by atoms with Crippen LogP contribution in [-0.4, -0.2) is 76.7 Å². The Morgan fingerprint density at radius 2 is 1.57 bits per heavy atom. The summed E-state index contributed by atoms with van der Waals surface area (Å²) < 4.78 is 5.34. The van der Waals surface area contributed by atoms with Crippen molar-refractivity contribution in [3.63, 3.8) is 0 Å². The molecule has 270 valence electrons. The monoisotopic (exact) mass is 675 g/mol. The maximum absolute atomic E-state index is 14.4. The van der Waals surface area contributed by atoms with Gasteiger partial charge < -0.3 is 30.2 Å². The number of para-hydroxylation sites is 1. The van der Waals surface area contributed by atoms with E-state index in [2.05, 4.69) is 39.9 Å². The number of benzene rings is 2. The zero-order chi connectivity index (χ0) is 36.4. The molecule has 1 saturated heterocycles. The highest BCUT2D eigenvalue weighted by molar-refractivity contribution is 5.90. The Kier molecular flexibility index (Phi) is 14.2. The minimum absolute atomic E-state index is 0.0575. The van der Waals surface area contributed by atoms with Crippen LogP contribution in [0.1, 0.15) is 111 Å². The van der Waals surface area contributed by atoms with Crippen molar-refractivity contribution in [2.45, 2.75) is 124 Å². The molecule has 1 aromatic heterocycles. The predicted molar refractivity (Wildman–Crippen MR) is 200 cm³/mol. The number of alkyl carbamates (subject to hydrolysis) is 1. The van der Waals surface area contributed by atoms with Crippen molar-refractivity contribution in [3.05, 3.63) is 71.4 Å². The molecule has 9 heteroatoms. The van der Waals surface area contributed by atoms with E-state index < -0.39 is 17.7 Å². The second-order valence-corrected chi connectivity index (χ2v) is 14.0. The smallest absolute Gasteiger partial charge is 0.407 e. The summed E-state index contributed by atoms with van der Waals surface area (Å²) in [5.41, 5.74) is 4.39. The van der Waals surface area contributed by atoms with Crippen LogP contribution >= 0.6 is 0 Å². The summed E-state index contributed by atoms with van der Waals surface area (Å²) in [7, 11) is 0. The Labute approximate surface area is 294 Å². The summed E-state index contributed by atoms with van der Waals surface area (Å²) in [4.78, 5) is 47.4. The minimum Gasteiger partial charge on any atom is -0.444 e. The van der Waals surface area contributed by atoms with E-state index in [9.17, 15) is 14.4 Å². The lowest BCUT2D eigenvalue weighted by molar-refractivity contribution is -0.135. The van der Waals surface area contributed by atoms with Crippen molar-refractivity contribution < 1.29 is 19.1 Å². The molecule has 3 N–H and O–H groups in total. The number of hydrogen-bond donors (Lipinski definition) is 3. The normalized spacial score (nSPS) is 16.0. The van der Waals surface area contributed by atoms with Crippen molar-refractivity contribution in [2.24, 2.45) is 0 Å². The van der Waals surface area contributed by atoms with Crippen molar-refractivity contribution in [3.8, 4) is 0 Å². The van der Waals surface area contributed by atoms with Crippen LogP contribution in [0.4, 0.5) is 9.59 Å². The molecule has 3 aromatic rings. The van der Waals surface area contributed by atoms with E-state index in [-0.39, 0.29) is 42.4 Å². The lowest BCUT2D eigenvalue weighted by Crippen LogP contribution is -2.57. The highest BCUT2D eigenvalue weighted by atomic mass is 16.6. The molecule has 0 bridgehead atoms. The largest absolute Gasteiger partial charge is 0.444 e. The van der Waals surface area contributed by atoms with Gasteiger partial charge in [0.1, 0.15) is 11.6 Å². The summed E-state index contributed by atoms with van der Waals surface area (Å²) in [6, 6.07) is 15.5. The first-order valence-electron chi connectivity index (χ1n) is 18.4. The minimum atomic E-state index is -0.762. The van der Waals surface area contributed by atoms with Gasteiger partial charge >= 0.3 is 12.1 Å². The highest BCUT2D eigenvalue weighted by Crippen LogP contribution is 2.46. The van der Waals surface area contributed by atoms with Gasteiger partial charge in [-0.15, -0.1) is 0 Å². The van der Waals surface area contributed by atoms with Gasteiger partial charge in [-0.05, 0) is 88.5 Å². The predicted octanol–water partition coefficient (Wildman–Crippen LogP) is 8.14. The Morgan fingerprint density at radius 1 is 0.939 bits per heavy atom. The number of likely N-dealkylation sites (tertiary alicyclic amines) is 1. The van der Waals surface area contributed by atoms with Crippen LogP contribution in [0.2, 0.25) is 0 Å². The Bertz CT molecular complexity index is 1520. The molecule has 4 amide bonds. The van der Waals surface area contributed by atoms with Crippen LogP contribution in [0.5, 0.6) is 0 Å². The highest BCUT2D eigenvalue weighted by Gasteiger charge is 2.43. The maximum atomic E-state index is 14.4. The van der Waals surface area contributed by atoms with Crippen LogP contribution in [-0.2, 0) is 21.4 Å². The molecule has 2 aromatic carbocycles. The molecule has 2 aliphatic rings. The van der Waals surface area contributed by atoms with Gasteiger partial charge in [-0.25, -0.2) is 9.59 Å². The van der Waals surface area contributed by atoms with Gasteiger partial charge in [-0.2, -0.15) is 0 Å². The number of fused-ring (bicyclic) bond motifs is 3. The Hall–Kier alpha value is -4.01. The van der Waals surface area contributed by atoms with Crippen molar-refractivity contribution in [1.29, 1.82) is 0 Å². The van der Waals surface area contributed by atoms with Gasteiger partial charge in [0, 0.05) is 55.2 Å². The summed E-state index contributed by atoms with van der Waals surface area (Å²) in [6.45, 7) is 21.1. The van der Waals surface area contributed by atoms with E-state index in [4.69, 9.17) is 4.74 Å². The molecule has 1 spiro atoms. The van der Waals surface area contributed by atoms with Gasteiger partial charge in [0.05, 0.1) is 0 Å². The number of aromatic amines is 1. The molecule has 2 atom stereocenters. The molecule has 49 heavy (non-hydrogen) atoms. The first-order chi connectivity index (χ1) is 23.4. The molecule has 0 radical (unpaired) electrons. The topological polar surface area (TPSA) is 107 Å². The fourth-order valence-electron chi connectivity index (χ4n) is 7.09. The first kappa shape index (κ1) is 39.4. The third-order valence-electron chi connectivity index (χ3n) is 9.56. The van der Waals surface area contributed by atoms with Crippen molar-refractivity contribution in [2.75, 3.05) is 26.2 Å². The molecule has 1 unspecified atom stereocenters. The fraction of sp³-hybridized carbons (Fsp3) is 0.575. The van der Waals surface area contributed by atoms with Crippen LogP contribution < -0.4 is 10.6 Å². The summed E-state index contributed by atoms with van der Waals surface area (Å²) in [5.74, 6) is -0.340. The number of ether oxygens (including phenoxy) is 1. The van der Waals surface area contributed by atoms with E-state index in [0.717, 1.165) is 42.1 Å². The number of hydrogen-bond acceptors (Lipinski definition) is 4. The van der Waals surface area contributed by atoms with Crippen molar-refractivity contribution >= 4 is 28.9 Å². The van der Waals surface area contributed by atoms with Crippen LogP contribution in [0.25, 0.3) is 10.9 Å². The maximum Gasteiger partial charge on any atom is 0.407 e. The molecule has 2 heterocycles. The number of aryl methyl sites for hydroxylation is 1. The number of nitrogens with zero attached hydrogens (tertiary/aromatic N) is 2. The second-order valence-electron chi connectivity index (χ2n) is 14.0. The van der Waals surface area contributed by atoms with Gasteiger partial charge in [0.25, 0.3) is 0 Å².